The molecule has 2 aromatic rings. The molecule has 1 aromatic heterocycles. The highest BCUT2D eigenvalue weighted by molar-refractivity contribution is 5.43. The van der Waals surface area contributed by atoms with Crippen LogP contribution >= 0.6 is 0 Å². The zero-order valence-corrected chi connectivity index (χ0v) is 9.63. The first-order valence-corrected chi connectivity index (χ1v) is 5.44. The fourth-order valence-corrected chi connectivity index (χ4v) is 1.49. The number of anilines is 1. The summed E-state index contributed by atoms with van der Waals surface area (Å²) in [5.41, 5.74) is 5.62. The Morgan fingerprint density at radius 1 is 1.22 bits per heavy atom. The third kappa shape index (κ3) is 3.00. The molecule has 0 amide bonds. The lowest BCUT2D eigenvalue weighted by Gasteiger charge is -2.08. The van der Waals surface area contributed by atoms with E-state index in [4.69, 9.17) is 10.5 Å². The lowest BCUT2D eigenvalue weighted by atomic mass is 10.3. The van der Waals surface area contributed by atoms with Gasteiger partial charge in [-0.3, -0.25) is 14.7 Å². The summed E-state index contributed by atoms with van der Waals surface area (Å²) in [5.74, 6) is 0.626. The summed E-state index contributed by atoms with van der Waals surface area (Å²) in [4.78, 5) is 22.4. The van der Waals surface area contributed by atoms with E-state index in [0.717, 1.165) is 0 Å². The van der Waals surface area contributed by atoms with E-state index in [2.05, 4.69) is 5.10 Å². The molecule has 6 heteroatoms. The van der Waals surface area contributed by atoms with Crippen LogP contribution in [0.15, 0.2) is 46.0 Å². The second kappa shape index (κ2) is 5.22. The number of hydrogen-bond acceptors (Lipinski definition) is 4. The van der Waals surface area contributed by atoms with E-state index in [-0.39, 0.29) is 24.3 Å². The van der Waals surface area contributed by atoms with Crippen molar-refractivity contribution in [1.82, 2.24) is 9.78 Å². The van der Waals surface area contributed by atoms with Gasteiger partial charge in [-0.25, -0.2) is 4.68 Å². The molecule has 0 bridgehead atoms. The van der Waals surface area contributed by atoms with E-state index in [1.54, 1.807) is 24.3 Å². The minimum atomic E-state index is -0.321. The molecule has 6 nitrogen and oxygen atoms in total. The third-order valence-corrected chi connectivity index (χ3v) is 2.33. The fraction of sp³-hybridized carbons (Fsp3) is 0.167. The van der Waals surface area contributed by atoms with Crippen LogP contribution in [0.3, 0.4) is 0 Å². The first-order valence-electron chi connectivity index (χ1n) is 5.44. The normalized spacial score (nSPS) is 10.2. The Balaban J connectivity index is 1.98. The van der Waals surface area contributed by atoms with Crippen LogP contribution in [0.5, 0.6) is 5.75 Å². The van der Waals surface area contributed by atoms with Crippen molar-refractivity contribution < 1.29 is 4.74 Å². The number of aromatic nitrogens is 2. The molecule has 0 aliphatic heterocycles. The second-order valence-corrected chi connectivity index (χ2v) is 3.72. The number of rotatable bonds is 4. The van der Waals surface area contributed by atoms with Gasteiger partial charge in [-0.2, -0.15) is 0 Å². The number of aromatic amines is 1. The molecule has 0 unspecified atom stereocenters. The number of ether oxygens (including phenoxy) is 1. The van der Waals surface area contributed by atoms with Gasteiger partial charge in [-0.15, -0.1) is 0 Å². The maximum Gasteiger partial charge on any atom is 0.265 e. The average Bonchev–Trinajstić information content (AvgIpc) is 2.34. The Morgan fingerprint density at radius 2 is 2.06 bits per heavy atom. The number of nitrogen functional groups attached to an aromatic ring is 1. The molecular formula is C12H13N3O3. The van der Waals surface area contributed by atoms with Crippen LogP contribution in [0.4, 0.5) is 5.69 Å². The molecule has 94 valence electrons. The van der Waals surface area contributed by atoms with Gasteiger partial charge >= 0.3 is 0 Å². The number of H-pyrrole nitrogens is 1. The van der Waals surface area contributed by atoms with Crippen molar-refractivity contribution in [3.8, 4) is 5.75 Å². The molecule has 3 N–H and O–H groups in total. The van der Waals surface area contributed by atoms with Gasteiger partial charge in [0.25, 0.3) is 11.1 Å². The number of hydrogen-bond donors (Lipinski definition) is 2. The Hall–Kier alpha value is -2.50. The number of nitrogens with one attached hydrogen (secondary N) is 1. The first kappa shape index (κ1) is 12.0. The van der Waals surface area contributed by atoms with Gasteiger partial charge in [0, 0.05) is 23.9 Å². The van der Waals surface area contributed by atoms with Gasteiger partial charge in [0.05, 0.1) is 6.54 Å². The zero-order valence-electron chi connectivity index (χ0n) is 9.63. The van der Waals surface area contributed by atoms with Gasteiger partial charge < -0.3 is 10.5 Å². The zero-order chi connectivity index (χ0) is 13.0. The molecular weight excluding hydrogens is 234 g/mol. The van der Waals surface area contributed by atoms with Crippen molar-refractivity contribution in [2.45, 2.75) is 6.54 Å². The molecule has 0 spiro atoms. The molecule has 18 heavy (non-hydrogen) atoms. The maximum atomic E-state index is 11.4. The summed E-state index contributed by atoms with van der Waals surface area (Å²) in [6, 6.07) is 9.41. The van der Waals surface area contributed by atoms with Crippen LogP contribution in [0.1, 0.15) is 0 Å². The van der Waals surface area contributed by atoms with Gasteiger partial charge in [-0.05, 0) is 12.1 Å². The summed E-state index contributed by atoms with van der Waals surface area (Å²) in [6.07, 6.45) is 0. The largest absolute Gasteiger partial charge is 0.492 e. The van der Waals surface area contributed by atoms with Crippen LogP contribution in [-0.4, -0.2) is 16.4 Å². The summed E-state index contributed by atoms with van der Waals surface area (Å²) in [6.45, 7) is 0.535. The Bertz CT molecular complexity index is 645. The predicted molar refractivity (Wildman–Crippen MR) is 67.7 cm³/mol. The lowest BCUT2D eigenvalue weighted by Crippen LogP contribution is -2.29. The van der Waals surface area contributed by atoms with E-state index < -0.39 is 0 Å². The topological polar surface area (TPSA) is 90.1 Å². The van der Waals surface area contributed by atoms with Crippen LogP contribution < -0.4 is 21.6 Å². The minimum absolute atomic E-state index is 0.267. The molecule has 0 atom stereocenters. The molecule has 0 saturated heterocycles. The molecule has 2 rings (SSSR count). The van der Waals surface area contributed by atoms with Crippen molar-refractivity contribution in [2.75, 3.05) is 12.3 Å². The van der Waals surface area contributed by atoms with Crippen molar-refractivity contribution in [3.63, 3.8) is 0 Å². The van der Waals surface area contributed by atoms with E-state index >= 15 is 0 Å². The summed E-state index contributed by atoms with van der Waals surface area (Å²) >= 11 is 0. The van der Waals surface area contributed by atoms with E-state index in [9.17, 15) is 9.59 Å². The third-order valence-electron chi connectivity index (χ3n) is 2.33. The first-order chi connectivity index (χ1) is 8.65. The van der Waals surface area contributed by atoms with Crippen LogP contribution in [0, 0.1) is 0 Å². The molecule has 1 heterocycles. The molecule has 0 fully saturated rings. The van der Waals surface area contributed by atoms with E-state index in [1.807, 2.05) is 0 Å². The summed E-state index contributed by atoms with van der Waals surface area (Å²) in [5, 5.41) is 2.42. The highest BCUT2D eigenvalue weighted by Crippen LogP contribution is 2.13. The fourth-order valence-electron chi connectivity index (χ4n) is 1.49. The van der Waals surface area contributed by atoms with Gasteiger partial charge in [0.15, 0.2) is 0 Å². The molecule has 0 aliphatic rings. The highest BCUT2D eigenvalue weighted by atomic mass is 16.5. The van der Waals surface area contributed by atoms with E-state index in [1.165, 1.54) is 16.8 Å². The standard InChI is InChI=1S/C12H13N3O3/c13-9-2-1-3-10(8-9)18-7-6-15-12(17)5-4-11(16)14-15/h1-5,8H,6-7,13H2,(H,14,16). The maximum absolute atomic E-state index is 11.4. The van der Waals surface area contributed by atoms with Crippen LogP contribution in [-0.2, 0) is 6.54 Å². The molecule has 0 saturated carbocycles. The molecule has 0 aliphatic carbocycles. The Labute approximate surface area is 103 Å². The summed E-state index contributed by atoms with van der Waals surface area (Å²) in [7, 11) is 0. The second-order valence-electron chi connectivity index (χ2n) is 3.72. The van der Waals surface area contributed by atoms with Gasteiger partial charge in [0.2, 0.25) is 0 Å². The van der Waals surface area contributed by atoms with Gasteiger partial charge in [0.1, 0.15) is 12.4 Å². The monoisotopic (exact) mass is 247 g/mol. The smallest absolute Gasteiger partial charge is 0.265 e. The highest BCUT2D eigenvalue weighted by Gasteiger charge is 1.98. The van der Waals surface area contributed by atoms with Crippen LogP contribution in [0.25, 0.3) is 0 Å². The van der Waals surface area contributed by atoms with Crippen molar-refractivity contribution in [3.05, 3.63) is 57.1 Å². The predicted octanol–water partition coefficient (Wildman–Crippen LogP) is 0.198. The minimum Gasteiger partial charge on any atom is -0.492 e. The van der Waals surface area contributed by atoms with Crippen LogP contribution in [0.2, 0.25) is 0 Å². The average molecular weight is 247 g/mol. The molecule has 1 aromatic carbocycles. The van der Waals surface area contributed by atoms with Crippen molar-refractivity contribution in [1.29, 1.82) is 0 Å². The van der Waals surface area contributed by atoms with E-state index in [0.29, 0.717) is 11.4 Å². The molecule has 0 radical (unpaired) electrons. The number of benzene rings is 1. The van der Waals surface area contributed by atoms with Crippen molar-refractivity contribution >= 4 is 5.69 Å². The summed E-state index contributed by atoms with van der Waals surface area (Å²) < 4.78 is 6.63. The Kier molecular flexibility index (Phi) is 3.47. The SMILES string of the molecule is Nc1cccc(OCCn2[nH]c(=O)ccc2=O)c1. The number of nitrogens with zero attached hydrogens (tertiary/aromatic N) is 1. The Morgan fingerprint density at radius 3 is 2.83 bits per heavy atom. The lowest BCUT2D eigenvalue weighted by molar-refractivity contribution is 0.287. The van der Waals surface area contributed by atoms with Crippen molar-refractivity contribution in [2.24, 2.45) is 0 Å². The quantitative estimate of drug-likeness (QED) is 0.755. The number of nitrogens with two attached hydrogens (primary N) is 1. The van der Waals surface area contributed by atoms with Gasteiger partial charge in [-0.1, -0.05) is 6.07 Å².